The molecule has 5 nitrogen and oxygen atoms in total. The Balaban J connectivity index is 1.48. The van der Waals surface area contributed by atoms with Crippen molar-refractivity contribution in [3.8, 4) is 11.5 Å². The summed E-state index contributed by atoms with van der Waals surface area (Å²) in [6, 6.07) is 10.6. The molecule has 0 radical (unpaired) electrons. The maximum atomic E-state index is 5.80. The van der Waals surface area contributed by atoms with E-state index in [0.29, 0.717) is 19.8 Å². The Hall–Kier alpha value is -2.53. The van der Waals surface area contributed by atoms with Crippen molar-refractivity contribution < 1.29 is 9.47 Å². The van der Waals surface area contributed by atoms with Gasteiger partial charge in [0, 0.05) is 12.5 Å². The predicted octanol–water partition coefficient (Wildman–Crippen LogP) is 4.19. The summed E-state index contributed by atoms with van der Waals surface area (Å²) in [5.74, 6) is 2.62. The van der Waals surface area contributed by atoms with Crippen LogP contribution in [0.25, 0.3) is 11.0 Å². The largest absolute Gasteiger partial charge is 0.490 e. The number of nitrogens with one attached hydrogen (secondary N) is 2. The second kappa shape index (κ2) is 7.00. The zero-order valence-electron chi connectivity index (χ0n) is 15.6. The van der Waals surface area contributed by atoms with E-state index in [1.165, 1.54) is 16.7 Å². The van der Waals surface area contributed by atoms with Gasteiger partial charge in [-0.15, -0.1) is 0 Å². The second-order valence-corrected chi connectivity index (χ2v) is 6.95. The molecule has 2 aromatic carbocycles. The van der Waals surface area contributed by atoms with E-state index in [9.17, 15) is 0 Å². The number of nitrogens with zero attached hydrogens (tertiary/aromatic N) is 1. The lowest BCUT2D eigenvalue weighted by Gasteiger charge is -2.15. The Bertz CT molecular complexity index is 932. The third-order valence-corrected chi connectivity index (χ3v) is 5.07. The number of imidazole rings is 1. The standard InChI is InChI=1S/C21H25N3O2/c1-13-5-7-17-21(14(13)2)24-20(23-17)12-22-15(3)16-6-8-18-19(11-16)26-10-4-9-25-18/h5-8,11,15,22H,4,9-10,12H2,1-3H3,(H,23,24). The van der Waals surface area contributed by atoms with Crippen molar-refractivity contribution in [2.45, 2.75) is 39.8 Å². The Morgan fingerprint density at radius 1 is 1.12 bits per heavy atom. The van der Waals surface area contributed by atoms with Crippen LogP contribution in [-0.2, 0) is 6.54 Å². The Kier molecular flexibility index (Phi) is 4.55. The number of H-pyrrole nitrogens is 1. The summed E-state index contributed by atoms with van der Waals surface area (Å²) < 4.78 is 11.5. The number of hydrogen-bond donors (Lipinski definition) is 2. The molecule has 0 bridgehead atoms. The molecule has 1 unspecified atom stereocenters. The van der Waals surface area contributed by atoms with Gasteiger partial charge in [-0.05, 0) is 55.7 Å². The lowest BCUT2D eigenvalue weighted by molar-refractivity contribution is 0.297. The van der Waals surface area contributed by atoms with Gasteiger partial charge in [-0.1, -0.05) is 12.1 Å². The van der Waals surface area contributed by atoms with Crippen molar-refractivity contribution in [1.82, 2.24) is 15.3 Å². The summed E-state index contributed by atoms with van der Waals surface area (Å²) in [5, 5.41) is 3.54. The van der Waals surface area contributed by atoms with Gasteiger partial charge >= 0.3 is 0 Å². The van der Waals surface area contributed by atoms with Gasteiger partial charge in [0.05, 0.1) is 30.8 Å². The number of aromatic nitrogens is 2. The fourth-order valence-electron chi connectivity index (χ4n) is 3.26. The summed E-state index contributed by atoms with van der Waals surface area (Å²) in [6.07, 6.45) is 0.919. The number of ether oxygens (including phenoxy) is 2. The fraction of sp³-hybridized carbons (Fsp3) is 0.381. The van der Waals surface area contributed by atoms with E-state index in [4.69, 9.17) is 14.5 Å². The van der Waals surface area contributed by atoms with Crippen LogP contribution in [0.1, 0.15) is 41.9 Å². The zero-order chi connectivity index (χ0) is 18.1. The molecule has 0 aliphatic carbocycles. The molecule has 3 aromatic rings. The van der Waals surface area contributed by atoms with Gasteiger partial charge < -0.3 is 19.8 Å². The van der Waals surface area contributed by atoms with E-state index in [1.807, 2.05) is 6.07 Å². The number of hydrogen-bond acceptors (Lipinski definition) is 4. The fourth-order valence-corrected chi connectivity index (χ4v) is 3.26. The summed E-state index contributed by atoms with van der Waals surface area (Å²) in [7, 11) is 0. The highest BCUT2D eigenvalue weighted by atomic mass is 16.5. The van der Waals surface area contributed by atoms with Crippen LogP contribution in [0, 0.1) is 13.8 Å². The maximum Gasteiger partial charge on any atom is 0.161 e. The van der Waals surface area contributed by atoms with Crippen LogP contribution in [-0.4, -0.2) is 23.2 Å². The predicted molar refractivity (Wildman–Crippen MR) is 103 cm³/mol. The van der Waals surface area contributed by atoms with Crippen molar-refractivity contribution >= 4 is 11.0 Å². The van der Waals surface area contributed by atoms with Gasteiger partial charge in [0.25, 0.3) is 0 Å². The Labute approximate surface area is 153 Å². The molecule has 0 amide bonds. The molecule has 0 spiro atoms. The summed E-state index contributed by atoms with van der Waals surface area (Å²) in [6.45, 7) is 8.49. The van der Waals surface area contributed by atoms with Crippen LogP contribution in [0.5, 0.6) is 11.5 Å². The topological polar surface area (TPSA) is 59.2 Å². The lowest BCUT2D eigenvalue weighted by atomic mass is 10.1. The van der Waals surface area contributed by atoms with Gasteiger partial charge in [0.15, 0.2) is 11.5 Å². The smallest absolute Gasteiger partial charge is 0.161 e. The first-order valence-electron chi connectivity index (χ1n) is 9.19. The molecular weight excluding hydrogens is 326 g/mol. The van der Waals surface area contributed by atoms with E-state index in [1.54, 1.807) is 0 Å². The minimum Gasteiger partial charge on any atom is -0.490 e. The molecule has 1 aliphatic rings. The Morgan fingerprint density at radius 3 is 2.77 bits per heavy atom. The normalized spacial score (nSPS) is 15.0. The third kappa shape index (κ3) is 3.27. The summed E-state index contributed by atoms with van der Waals surface area (Å²) in [4.78, 5) is 8.17. The molecule has 1 aromatic heterocycles. The quantitative estimate of drug-likeness (QED) is 0.740. The molecule has 2 N–H and O–H groups in total. The first-order chi connectivity index (χ1) is 12.6. The molecule has 26 heavy (non-hydrogen) atoms. The maximum absolute atomic E-state index is 5.80. The first-order valence-corrected chi connectivity index (χ1v) is 9.19. The monoisotopic (exact) mass is 351 g/mol. The summed E-state index contributed by atoms with van der Waals surface area (Å²) in [5.41, 5.74) is 5.83. The molecular formula is C21H25N3O2. The number of aryl methyl sites for hydroxylation is 2. The van der Waals surface area contributed by atoms with E-state index in [0.717, 1.165) is 34.8 Å². The van der Waals surface area contributed by atoms with Crippen molar-refractivity contribution in [2.75, 3.05) is 13.2 Å². The van der Waals surface area contributed by atoms with Crippen LogP contribution in [0.3, 0.4) is 0 Å². The third-order valence-electron chi connectivity index (χ3n) is 5.07. The molecule has 5 heteroatoms. The number of benzene rings is 2. The molecule has 1 aliphatic heterocycles. The van der Waals surface area contributed by atoms with Gasteiger partial charge in [0.1, 0.15) is 5.82 Å². The van der Waals surface area contributed by atoms with Crippen LogP contribution in [0.2, 0.25) is 0 Å². The minimum absolute atomic E-state index is 0.184. The minimum atomic E-state index is 0.184. The molecule has 1 atom stereocenters. The zero-order valence-corrected chi connectivity index (χ0v) is 15.6. The highest BCUT2D eigenvalue weighted by molar-refractivity contribution is 5.79. The van der Waals surface area contributed by atoms with E-state index in [-0.39, 0.29) is 6.04 Å². The number of aromatic amines is 1. The van der Waals surface area contributed by atoms with Crippen molar-refractivity contribution in [3.63, 3.8) is 0 Å². The number of rotatable bonds is 4. The van der Waals surface area contributed by atoms with Crippen molar-refractivity contribution in [2.24, 2.45) is 0 Å². The van der Waals surface area contributed by atoms with E-state index >= 15 is 0 Å². The van der Waals surface area contributed by atoms with Crippen molar-refractivity contribution in [3.05, 3.63) is 52.8 Å². The van der Waals surface area contributed by atoms with Crippen LogP contribution in [0.4, 0.5) is 0 Å². The summed E-state index contributed by atoms with van der Waals surface area (Å²) >= 11 is 0. The molecule has 136 valence electrons. The Morgan fingerprint density at radius 2 is 1.92 bits per heavy atom. The molecule has 0 saturated carbocycles. The lowest BCUT2D eigenvalue weighted by Crippen LogP contribution is -2.18. The van der Waals surface area contributed by atoms with Gasteiger partial charge in [-0.3, -0.25) is 0 Å². The van der Waals surface area contributed by atoms with Crippen LogP contribution in [0.15, 0.2) is 30.3 Å². The second-order valence-electron chi connectivity index (χ2n) is 6.95. The van der Waals surface area contributed by atoms with E-state index in [2.05, 4.69) is 55.3 Å². The van der Waals surface area contributed by atoms with Crippen LogP contribution < -0.4 is 14.8 Å². The van der Waals surface area contributed by atoms with Gasteiger partial charge in [-0.2, -0.15) is 0 Å². The highest BCUT2D eigenvalue weighted by Gasteiger charge is 2.14. The van der Waals surface area contributed by atoms with Gasteiger partial charge in [-0.25, -0.2) is 4.98 Å². The highest BCUT2D eigenvalue weighted by Crippen LogP contribution is 2.32. The van der Waals surface area contributed by atoms with Crippen molar-refractivity contribution in [1.29, 1.82) is 0 Å². The van der Waals surface area contributed by atoms with Gasteiger partial charge in [0.2, 0.25) is 0 Å². The first kappa shape index (κ1) is 16.9. The molecule has 0 fully saturated rings. The SMILES string of the molecule is Cc1ccc2[nH]c(CNC(C)c3ccc4c(c3)OCCCO4)nc2c1C. The molecule has 0 saturated heterocycles. The molecule has 2 heterocycles. The average Bonchev–Trinajstić information content (AvgIpc) is 2.92. The van der Waals surface area contributed by atoms with E-state index < -0.39 is 0 Å². The molecule has 4 rings (SSSR count). The number of fused-ring (bicyclic) bond motifs is 2. The average molecular weight is 351 g/mol. The van der Waals surface area contributed by atoms with Crippen LogP contribution >= 0.6 is 0 Å².